The lowest BCUT2D eigenvalue weighted by molar-refractivity contribution is -0.136. The summed E-state index contributed by atoms with van der Waals surface area (Å²) >= 11 is 0. The van der Waals surface area contributed by atoms with Crippen molar-refractivity contribution in [1.82, 2.24) is 10.2 Å². The summed E-state index contributed by atoms with van der Waals surface area (Å²) in [7, 11) is 1.57. The minimum Gasteiger partial charge on any atom is -0.497 e. The predicted molar refractivity (Wildman–Crippen MR) is 108 cm³/mol. The minimum atomic E-state index is -0.317. The molecule has 28 heavy (non-hydrogen) atoms. The van der Waals surface area contributed by atoms with Gasteiger partial charge in [-0.3, -0.25) is 14.4 Å². The number of nitrogens with zero attached hydrogens (tertiary/aromatic N) is 1. The Morgan fingerprint density at radius 2 is 1.79 bits per heavy atom. The lowest BCUT2D eigenvalue weighted by Crippen LogP contribution is -2.43. The summed E-state index contributed by atoms with van der Waals surface area (Å²) in [6, 6.07) is 7.12. The summed E-state index contributed by atoms with van der Waals surface area (Å²) in [5.41, 5.74) is 0.627. The smallest absolute Gasteiger partial charge is 0.243 e. The maximum absolute atomic E-state index is 12.4. The molecule has 1 aromatic carbocycles. The van der Waals surface area contributed by atoms with Crippen molar-refractivity contribution in [2.45, 2.75) is 57.9 Å². The molecule has 2 rings (SSSR count). The van der Waals surface area contributed by atoms with Crippen LogP contribution in [-0.2, 0) is 14.4 Å². The molecule has 0 aliphatic heterocycles. The first-order valence-electron chi connectivity index (χ1n) is 10.0. The zero-order valence-corrected chi connectivity index (χ0v) is 16.8. The molecule has 1 saturated carbocycles. The molecule has 3 amide bonds. The topological polar surface area (TPSA) is 87.7 Å². The second-order valence-electron chi connectivity index (χ2n) is 7.12. The predicted octanol–water partition coefficient (Wildman–Crippen LogP) is 2.71. The Kier molecular flexibility index (Phi) is 8.78. The highest BCUT2D eigenvalue weighted by Crippen LogP contribution is 2.27. The van der Waals surface area contributed by atoms with Crippen LogP contribution >= 0.6 is 0 Å². The second-order valence-corrected chi connectivity index (χ2v) is 7.12. The van der Waals surface area contributed by atoms with Crippen LogP contribution in [0.3, 0.4) is 0 Å². The average molecular weight is 389 g/mol. The van der Waals surface area contributed by atoms with Crippen molar-refractivity contribution >= 4 is 23.4 Å². The van der Waals surface area contributed by atoms with Gasteiger partial charge in [-0.1, -0.05) is 26.2 Å². The number of hydrogen-bond acceptors (Lipinski definition) is 4. The van der Waals surface area contributed by atoms with Crippen molar-refractivity contribution in [3.63, 3.8) is 0 Å². The normalized spacial score (nSPS) is 12.9. The van der Waals surface area contributed by atoms with Crippen molar-refractivity contribution in [2.24, 2.45) is 0 Å². The van der Waals surface area contributed by atoms with Crippen molar-refractivity contribution in [2.75, 3.05) is 25.5 Å². The van der Waals surface area contributed by atoms with Gasteiger partial charge in [-0.05, 0) is 43.5 Å². The highest BCUT2D eigenvalue weighted by atomic mass is 16.5. The molecule has 0 saturated heterocycles. The van der Waals surface area contributed by atoms with Crippen LogP contribution in [0.5, 0.6) is 5.75 Å². The zero-order chi connectivity index (χ0) is 20.4. The summed E-state index contributed by atoms with van der Waals surface area (Å²) in [6.45, 7) is 2.02. The number of amides is 3. The van der Waals surface area contributed by atoms with Crippen LogP contribution in [0.1, 0.15) is 51.9 Å². The van der Waals surface area contributed by atoms with Gasteiger partial charge in [0.15, 0.2) is 0 Å². The number of anilines is 1. The number of nitrogens with one attached hydrogen (secondary N) is 2. The molecular weight excluding hydrogens is 358 g/mol. The molecule has 0 aromatic heterocycles. The Hall–Kier alpha value is -2.57. The Labute approximate surface area is 166 Å². The van der Waals surface area contributed by atoms with E-state index >= 15 is 0 Å². The van der Waals surface area contributed by atoms with E-state index < -0.39 is 0 Å². The molecule has 1 aliphatic carbocycles. The van der Waals surface area contributed by atoms with E-state index in [9.17, 15) is 14.4 Å². The molecule has 0 bridgehead atoms. The van der Waals surface area contributed by atoms with Gasteiger partial charge in [0.1, 0.15) is 5.75 Å². The molecule has 1 aliphatic rings. The lowest BCUT2D eigenvalue weighted by atomic mass is 10.1. The van der Waals surface area contributed by atoms with Gasteiger partial charge < -0.3 is 20.3 Å². The Balaban J connectivity index is 1.72. The Bertz CT molecular complexity index is 656. The number of benzene rings is 1. The van der Waals surface area contributed by atoms with Crippen LogP contribution < -0.4 is 15.4 Å². The first-order chi connectivity index (χ1) is 13.5. The molecule has 7 heteroatoms. The third kappa shape index (κ3) is 7.58. The summed E-state index contributed by atoms with van der Waals surface area (Å²) in [5, 5.41) is 5.31. The second kappa shape index (κ2) is 11.3. The van der Waals surface area contributed by atoms with Gasteiger partial charge in [0, 0.05) is 18.2 Å². The van der Waals surface area contributed by atoms with Crippen LogP contribution in [0.15, 0.2) is 24.3 Å². The number of carbonyl (C=O) groups is 3. The van der Waals surface area contributed by atoms with Gasteiger partial charge in [0.2, 0.25) is 17.7 Å². The fourth-order valence-corrected chi connectivity index (χ4v) is 2.92. The summed E-state index contributed by atoms with van der Waals surface area (Å²) in [6.07, 6.45) is 6.54. The molecule has 7 nitrogen and oxygen atoms in total. The van der Waals surface area contributed by atoms with Crippen molar-refractivity contribution in [3.8, 4) is 5.75 Å². The van der Waals surface area contributed by atoms with Gasteiger partial charge in [-0.2, -0.15) is 0 Å². The number of rotatable bonds is 12. The Morgan fingerprint density at radius 3 is 2.39 bits per heavy atom. The van der Waals surface area contributed by atoms with Gasteiger partial charge in [-0.25, -0.2) is 0 Å². The summed E-state index contributed by atoms with van der Waals surface area (Å²) in [4.78, 5) is 38.3. The van der Waals surface area contributed by atoms with Crippen LogP contribution in [0.4, 0.5) is 5.69 Å². The van der Waals surface area contributed by atoms with Crippen molar-refractivity contribution in [3.05, 3.63) is 24.3 Å². The molecule has 0 atom stereocenters. The van der Waals surface area contributed by atoms with E-state index in [2.05, 4.69) is 17.6 Å². The van der Waals surface area contributed by atoms with Gasteiger partial charge >= 0.3 is 0 Å². The minimum absolute atomic E-state index is 0.0209. The number of carbonyl (C=O) groups excluding carboxylic acids is 3. The summed E-state index contributed by atoms with van der Waals surface area (Å²) in [5.74, 6) is 0.114. The van der Waals surface area contributed by atoms with E-state index in [-0.39, 0.29) is 36.9 Å². The third-order valence-electron chi connectivity index (χ3n) is 4.69. The van der Waals surface area contributed by atoms with E-state index in [0.717, 1.165) is 38.5 Å². The average Bonchev–Trinajstić information content (AvgIpc) is 3.53. The van der Waals surface area contributed by atoms with Gasteiger partial charge in [0.25, 0.3) is 0 Å². The Morgan fingerprint density at radius 1 is 1.07 bits per heavy atom. The molecule has 1 fully saturated rings. The highest BCUT2D eigenvalue weighted by Gasteiger charge is 2.33. The maximum atomic E-state index is 12.4. The van der Waals surface area contributed by atoms with E-state index in [4.69, 9.17) is 4.74 Å². The highest BCUT2D eigenvalue weighted by molar-refractivity contribution is 5.95. The molecule has 0 radical (unpaired) electrons. The zero-order valence-electron chi connectivity index (χ0n) is 16.8. The molecule has 154 valence electrons. The quantitative estimate of drug-likeness (QED) is 0.538. The van der Waals surface area contributed by atoms with E-state index in [1.807, 2.05) is 0 Å². The largest absolute Gasteiger partial charge is 0.497 e. The number of hydrogen-bond donors (Lipinski definition) is 2. The van der Waals surface area contributed by atoms with E-state index in [1.165, 1.54) is 0 Å². The fraction of sp³-hybridized carbons (Fsp3) is 0.571. The van der Waals surface area contributed by atoms with Crippen LogP contribution in [0, 0.1) is 0 Å². The molecule has 0 heterocycles. The van der Waals surface area contributed by atoms with E-state index in [1.54, 1.807) is 36.3 Å². The summed E-state index contributed by atoms with van der Waals surface area (Å²) < 4.78 is 5.07. The van der Waals surface area contributed by atoms with Crippen molar-refractivity contribution in [1.29, 1.82) is 0 Å². The fourth-order valence-electron chi connectivity index (χ4n) is 2.92. The maximum Gasteiger partial charge on any atom is 0.243 e. The molecule has 0 unspecified atom stereocenters. The number of ether oxygens (including phenoxy) is 1. The van der Waals surface area contributed by atoms with Crippen molar-refractivity contribution < 1.29 is 19.1 Å². The van der Waals surface area contributed by atoms with E-state index in [0.29, 0.717) is 17.9 Å². The number of methoxy groups -OCH3 is 1. The third-order valence-corrected chi connectivity index (χ3v) is 4.69. The first-order valence-corrected chi connectivity index (χ1v) is 10.0. The van der Waals surface area contributed by atoms with Crippen LogP contribution in [0.25, 0.3) is 0 Å². The number of unbranched alkanes of at least 4 members (excludes halogenated alkanes) is 3. The van der Waals surface area contributed by atoms with Crippen LogP contribution in [0.2, 0.25) is 0 Å². The first kappa shape index (κ1) is 21.7. The molecular formula is C21H31N3O4. The SMILES string of the molecule is CCCCCCC(=O)N(CC(=O)NCC(=O)Nc1ccc(OC)cc1)C1CC1. The standard InChI is InChI=1S/C21H31N3O4/c1-3-4-5-6-7-21(27)24(17-10-11-17)15-20(26)22-14-19(25)23-16-8-12-18(28-2)13-9-16/h8-9,12-13,17H,3-7,10-11,14-15H2,1-2H3,(H,22,26)(H,23,25). The lowest BCUT2D eigenvalue weighted by Gasteiger charge is -2.22. The monoisotopic (exact) mass is 389 g/mol. The molecule has 2 N–H and O–H groups in total. The van der Waals surface area contributed by atoms with Gasteiger partial charge in [-0.15, -0.1) is 0 Å². The molecule has 0 spiro atoms. The van der Waals surface area contributed by atoms with Gasteiger partial charge in [0.05, 0.1) is 20.2 Å². The molecule has 1 aromatic rings. The van der Waals surface area contributed by atoms with Crippen LogP contribution in [-0.4, -0.2) is 48.9 Å².